The van der Waals surface area contributed by atoms with Crippen molar-refractivity contribution in [2.75, 3.05) is 13.2 Å². The van der Waals surface area contributed by atoms with Crippen LogP contribution in [-0.4, -0.2) is 27.9 Å². The molecule has 112 valence electrons. The van der Waals surface area contributed by atoms with Crippen LogP contribution < -0.4 is 9.47 Å². The normalized spacial score (nSPS) is 15.6. The summed E-state index contributed by atoms with van der Waals surface area (Å²) in [6.45, 7) is 1.17. The van der Waals surface area contributed by atoms with Gasteiger partial charge in [-0.2, -0.15) is 0 Å². The van der Waals surface area contributed by atoms with E-state index in [9.17, 15) is 5.11 Å². The maximum absolute atomic E-state index is 10.4. The Labute approximate surface area is 128 Å². The van der Waals surface area contributed by atoms with E-state index in [-0.39, 0.29) is 0 Å². The number of hydrogen-bond donors (Lipinski definition) is 1. The van der Waals surface area contributed by atoms with Crippen LogP contribution in [0.2, 0.25) is 5.02 Å². The minimum absolute atomic E-state index is 0.416. The van der Waals surface area contributed by atoms with Crippen LogP contribution in [0.3, 0.4) is 0 Å². The third-order valence-electron chi connectivity index (χ3n) is 3.51. The largest absolute Gasteiger partial charge is 0.489 e. The van der Waals surface area contributed by atoms with E-state index in [1.807, 2.05) is 17.8 Å². The van der Waals surface area contributed by atoms with Gasteiger partial charge in [0.2, 0.25) is 0 Å². The first-order valence-corrected chi connectivity index (χ1v) is 7.26. The SMILES string of the molecule is Cn1ccnc1CC(O)c1cc(Cl)c2c(c1)OCCCO2. The number of imidazole rings is 1. The summed E-state index contributed by atoms with van der Waals surface area (Å²) < 4.78 is 13.1. The highest BCUT2D eigenvalue weighted by Gasteiger charge is 2.19. The molecule has 0 radical (unpaired) electrons. The zero-order valence-electron chi connectivity index (χ0n) is 11.8. The molecule has 1 N–H and O–H groups in total. The van der Waals surface area contributed by atoms with Crippen LogP contribution in [0.4, 0.5) is 0 Å². The van der Waals surface area contributed by atoms with Crippen LogP contribution in [0.5, 0.6) is 11.5 Å². The van der Waals surface area contributed by atoms with Gasteiger partial charge in [-0.15, -0.1) is 0 Å². The van der Waals surface area contributed by atoms with Gasteiger partial charge in [-0.25, -0.2) is 4.98 Å². The summed E-state index contributed by atoms with van der Waals surface area (Å²) in [5.41, 5.74) is 0.701. The number of aryl methyl sites for hydroxylation is 1. The van der Waals surface area contributed by atoms with E-state index >= 15 is 0 Å². The van der Waals surface area contributed by atoms with Crippen molar-refractivity contribution in [3.8, 4) is 11.5 Å². The number of aliphatic hydroxyl groups is 1. The molecule has 1 unspecified atom stereocenters. The molecule has 0 amide bonds. The second kappa shape index (κ2) is 5.95. The van der Waals surface area contributed by atoms with Gasteiger partial charge in [-0.3, -0.25) is 0 Å². The molecule has 2 aromatic rings. The Bertz CT molecular complexity index is 642. The number of aromatic nitrogens is 2. The van der Waals surface area contributed by atoms with Crippen LogP contribution in [0.25, 0.3) is 0 Å². The Morgan fingerprint density at radius 2 is 2.19 bits per heavy atom. The maximum Gasteiger partial charge on any atom is 0.179 e. The van der Waals surface area contributed by atoms with Gasteiger partial charge in [0.15, 0.2) is 11.5 Å². The summed E-state index contributed by atoms with van der Waals surface area (Å²) in [7, 11) is 1.90. The lowest BCUT2D eigenvalue weighted by Crippen LogP contribution is -2.07. The van der Waals surface area contributed by atoms with Crippen LogP contribution in [0.1, 0.15) is 23.9 Å². The second-order valence-electron chi connectivity index (χ2n) is 5.05. The van der Waals surface area contributed by atoms with E-state index in [0.29, 0.717) is 41.7 Å². The van der Waals surface area contributed by atoms with Crippen molar-refractivity contribution in [1.29, 1.82) is 0 Å². The summed E-state index contributed by atoms with van der Waals surface area (Å²) in [6, 6.07) is 3.52. The molecule has 1 aliphatic rings. The van der Waals surface area contributed by atoms with Gasteiger partial charge in [0.25, 0.3) is 0 Å². The van der Waals surface area contributed by atoms with E-state index in [1.54, 1.807) is 18.3 Å². The Morgan fingerprint density at radius 1 is 1.38 bits per heavy atom. The van der Waals surface area contributed by atoms with Crippen LogP contribution in [0.15, 0.2) is 24.5 Å². The Hall–Kier alpha value is -1.72. The maximum atomic E-state index is 10.4. The highest BCUT2D eigenvalue weighted by Crippen LogP contribution is 2.39. The molecule has 1 aromatic heterocycles. The van der Waals surface area contributed by atoms with Gasteiger partial charge in [0.1, 0.15) is 5.82 Å². The summed E-state index contributed by atoms with van der Waals surface area (Å²) in [4.78, 5) is 4.22. The third-order valence-corrected chi connectivity index (χ3v) is 3.79. The smallest absolute Gasteiger partial charge is 0.179 e. The zero-order chi connectivity index (χ0) is 14.8. The van der Waals surface area contributed by atoms with E-state index < -0.39 is 6.10 Å². The van der Waals surface area contributed by atoms with Gasteiger partial charge in [-0.1, -0.05) is 11.6 Å². The Morgan fingerprint density at radius 3 is 2.95 bits per heavy atom. The van der Waals surface area contributed by atoms with Gasteiger partial charge < -0.3 is 19.1 Å². The minimum Gasteiger partial charge on any atom is -0.489 e. The van der Waals surface area contributed by atoms with Crippen molar-refractivity contribution in [2.24, 2.45) is 7.05 Å². The molecule has 0 saturated carbocycles. The Kier molecular flexibility index (Phi) is 4.03. The highest BCUT2D eigenvalue weighted by atomic mass is 35.5. The number of hydrogen-bond acceptors (Lipinski definition) is 4. The predicted molar refractivity (Wildman–Crippen MR) is 78.9 cm³/mol. The minimum atomic E-state index is -0.694. The van der Waals surface area contributed by atoms with E-state index in [4.69, 9.17) is 21.1 Å². The third kappa shape index (κ3) is 2.99. The number of ether oxygens (including phenoxy) is 2. The van der Waals surface area contributed by atoms with Crippen molar-refractivity contribution in [3.63, 3.8) is 0 Å². The molecule has 6 heteroatoms. The standard InChI is InChI=1S/C15H17ClN2O3/c1-18-4-3-17-14(18)9-12(19)10-7-11(16)15-13(8-10)20-5-2-6-21-15/h3-4,7-8,12,19H,2,5-6,9H2,1H3. The summed E-state index contributed by atoms with van der Waals surface area (Å²) in [5.74, 6) is 1.96. The quantitative estimate of drug-likeness (QED) is 0.946. The number of halogens is 1. The van der Waals surface area contributed by atoms with E-state index in [1.165, 1.54) is 0 Å². The summed E-state index contributed by atoms with van der Waals surface area (Å²) in [5, 5.41) is 10.9. The molecule has 1 aromatic carbocycles. The highest BCUT2D eigenvalue weighted by molar-refractivity contribution is 6.32. The predicted octanol–water partition coefficient (Wildman–Crippen LogP) is 2.51. The number of fused-ring (bicyclic) bond motifs is 1. The molecular formula is C15H17ClN2O3. The van der Waals surface area contributed by atoms with Crippen LogP contribution in [-0.2, 0) is 13.5 Å². The monoisotopic (exact) mass is 308 g/mol. The fourth-order valence-corrected chi connectivity index (χ4v) is 2.60. The lowest BCUT2D eigenvalue weighted by molar-refractivity contribution is 0.174. The Balaban J connectivity index is 1.86. The topological polar surface area (TPSA) is 56.5 Å². The van der Waals surface area contributed by atoms with E-state index in [2.05, 4.69) is 4.98 Å². The van der Waals surface area contributed by atoms with Gasteiger partial charge in [0, 0.05) is 32.3 Å². The average Bonchev–Trinajstić information content (AvgIpc) is 2.73. The molecule has 0 aliphatic carbocycles. The van der Waals surface area contributed by atoms with E-state index in [0.717, 1.165) is 12.2 Å². The first-order valence-electron chi connectivity index (χ1n) is 6.88. The number of nitrogens with zero attached hydrogens (tertiary/aromatic N) is 2. The number of benzene rings is 1. The van der Waals surface area contributed by atoms with Crippen LogP contribution >= 0.6 is 11.6 Å². The second-order valence-corrected chi connectivity index (χ2v) is 5.46. The summed E-state index contributed by atoms with van der Waals surface area (Å²) in [6.07, 6.45) is 4.10. The molecule has 0 bridgehead atoms. The molecule has 0 spiro atoms. The molecule has 21 heavy (non-hydrogen) atoms. The number of aliphatic hydroxyl groups excluding tert-OH is 1. The molecule has 2 heterocycles. The van der Waals surface area contributed by atoms with Gasteiger partial charge in [0.05, 0.1) is 24.3 Å². The lowest BCUT2D eigenvalue weighted by Gasteiger charge is -2.15. The first kappa shape index (κ1) is 14.2. The number of rotatable bonds is 3. The molecule has 0 saturated heterocycles. The fraction of sp³-hybridized carbons (Fsp3) is 0.400. The lowest BCUT2D eigenvalue weighted by atomic mass is 10.1. The van der Waals surface area contributed by atoms with Crippen molar-refractivity contribution in [1.82, 2.24) is 9.55 Å². The van der Waals surface area contributed by atoms with Crippen molar-refractivity contribution >= 4 is 11.6 Å². The van der Waals surface area contributed by atoms with Crippen LogP contribution in [0, 0.1) is 0 Å². The molecule has 3 rings (SSSR count). The van der Waals surface area contributed by atoms with Crippen molar-refractivity contribution < 1.29 is 14.6 Å². The van der Waals surface area contributed by atoms with Crippen molar-refractivity contribution in [3.05, 3.63) is 40.9 Å². The summed E-state index contributed by atoms with van der Waals surface area (Å²) >= 11 is 6.24. The molecular weight excluding hydrogens is 292 g/mol. The zero-order valence-corrected chi connectivity index (χ0v) is 12.5. The molecule has 1 atom stereocenters. The van der Waals surface area contributed by atoms with Crippen molar-refractivity contribution in [2.45, 2.75) is 18.9 Å². The van der Waals surface area contributed by atoms with Gasteiger partial charge >= 0.3 is 0 Å². The fourth-order valence-electron chi connectivity index (χ4n) is 2.33. The van der Waals surface area contributed by atoms with Gasteiger partial charge in [-0.05, 0) is 17.7 Å². The molecule has 1 aliphatic heterocycles. The molecule has 0 fully saturated rings. The average molecular weight is 309 g/mol. The first-order chi connectivity index (χ1) is 10.1. The molecule has 5 nitrogen and oxygen atoms in total.